The van der Waals surface area contributed by atoms with Gasteiger partial charge < -0.3 is 9.71 Å². The van der Waals surface area contributed by atoms with Crippen LogP contribution in [-0.4, -0.2) is 49.8 Å². The Hall–Kier alpha value is -0.0151. The lowest BCUT2D eigenvalue weighted by Gasteiger charge is -2.33. The molecule has 0 unspecified atom stereocenters. The molecule has 0 N–H and O–H groups in total. The van der Waals surface area contributed by atoms with E-state index in [9.17, 15) is 0 Å². The largest absolute Gasteiger partial charge is 0.345 e. The minimum absolute atomic E-state index is 1.21. The first-order chi connectivity index (χ1) is 4.86. The van der Waals surface area contributed by atoms with Gasteiger partial charge in [0.05, 0.1) is 0 Å². The van der Waals surface area contributed by atoms with Gasteiger partial charge >= 0.3 is 0 Å². The molecule has 1 heterocycles. The first-order valence-electron chi connectivity index (χ1n) is 4.12. The molecule has 1 aliphatic heterocycles. The number of piperazine rings is 1. The molecule has 3 heteroatoms. The van der Waals surface area contributed by atoms with Crippen LogP contribution in [0.15, 0.2) is 0 Å². The second kappa shape index (κ2) is 3.99. The SMILES string of the molecule is C[B]N1CCN(CC)CC1. The van der Waals surface area contributed by atoms with Gasteiger partial charge in [-0.25, -0.2) is 0 Å². The maximum absolute atomic E-state index is 2.49. The van der Waals surface area contributed by atoms with Crippen molar-refractivity contribution in [2.75, 3.05) is 32.7 Å². The highest BCUT2D eigenvalue weighted by Gasteiger charge is 2.12. The van der Waals surface area contributed by atoms with Crippen molar-refractivity contribution >= 4 is 7.41 Å². The Labute approximate surface area is 64.5 Å². The van der Waals surface area contributed by atoms with Gasteiger partial charge in [-0.05, 0) is 19.6 Å². The molecular formula is C7H16BN2. The highest BCUT2D eigenvalue weighted by atomic mass is 15.2. The first-order valence-corrected chi connectivity index (χ1v) is 4.12. The van der Waals surface area contributed by atoms with E-state index in [0.717, 1.165) is 0 Å². The van der Waals surface area contributed by atoms with Crippen molar-refractivity contribution in [3.05, 3.63) is 0 Å². The Balaban J connectivity index is 2.17. The van der Waals surface area contributed by atoms with Crippen molar-refractivity contribution in [2.24, 2.45) is 0 Å². The van der Waals surface area contributed by atoms with Gasteiger partial charge in [-0.2, -0.15) is 0 Å². The average Bonchev–Trinajstić information content (AvgIpc) is 2.05. The van der Waals surface area contributed by atoms with Crippen molar-refractivity contribution < 1.29 is 0 Å². The third kappa shape index (κ3) is 1.99. The lowest BCUT2D eigenvalue weighted by Crippen LogP contribution is -2.46. The zero-order valence-corrected chi connectivity index (χ0v) is 7.01. The molecule has 0 saturated carbocycles. The van der Waals surface area contributed by atoms with Crippen LogP contribution in [0, 0.1) is 0 Å². The molecule has 0 bridgehead atoms. The highest BCUT2D eigenvalue weighted by molar-refractivity contribution is 6.29. The van der Waals surface area contributed by atoms with E-state index in [1.54, 1.807) is 0 Å². The van der Waals surface area contributed by atoms with Crippen LogP contribution in [0.1, 0.15) is 6.92 Å². The van der Waals surface area contributed by atoms with Crippen LogP contribution in [0.2, 0.25) is 6.82 Å². The molecule has 0 atom stereocenters. The Kier molecular flexibility index (Phi) is 3.22. The van der Waals surface area contributed by atoms with E-state index in [0.29, 0.717) is 0 Å². The summed E-state index contributed by atoms with van der Waals surface area (Å²) in [5, 5.41) is 0. The van der Waals surface area contributed by atoms with Crippen molar-refractivity contribution in [3.63, 3.8) is 0 Å². The van der Waals surface area contributed by atoms with Gasteiger partial charge in [0, 0.05) is 13.1 Å². The first kappa shape index (κ1) is 8.09. The molecule has 0 amide bonds. The Bertz CT molecular complexity index is 77.6. The summed E-state index contributed by atoms with van der Waals surface area (Å²) in [6.45, 7) is 10.4. The normalized spacial score (nSPS) is 23.0. The maximum Gasteiger partial charge on any atom is 0.205 e. The van der Waals surface area contributed by atoms with E-state index in [4.69, 9.17) is 0 Å². The third-order valence-corrected chi connectivity index (χ3v) is 2.22. The van der Waals surface area contributed by atoms with Gasteiger partial charge in [-0.3, -0.25) is 0 Å². The van der Waals surface area contributed by atoms with Crippen molar-refractivity contribution in [3.8, 4) is 0 Å². The summed E-state index contributed by atoms with van der Waals surface area (Å²) in [5.74, 6) is 0. The predicted molar refractivity (Wildman–Crippen MR) is 45.3 cm³/mol. The van der Waals surface area contributed by atoms with Gasteiger partial charge in [0.15, 0.2) is 0 Å². The topological polar surface area (TPSA) is 6.48 Å². The molecule has 0 aromatic carbocycles. The fourth-order valence-electron chi connectivity index (χ4n) is 1.34. The van der Waals surface area contributed by atoms with E-state index in [1.165, 1.54) is 32.7 Å². The van der Waals surface area contributed by atoms with Gasteiger partial charge in [0.25, 0.3) is 0 Å². The minimum atomic E-state index is 1.21. The molecule has 0 aliphatic carbocycles. The molecule has 1 aliphatic rings. The monoisotopic (exact) mass is 139 g/mol. The molecule has 10 heavy (non-hydrogen) atoms. The van der Waals surface area contributed by atoms with E-state index < -0.39 is 0 Å². The molecule has 2 nitrogen and oxygen atoms in total. The van der Waals surface area contributed by atoms with Gasteiger partial charge in [0.1, 0.15) is 0 Å². The molecule has 57 valence electrons. The summed E-state index contributed by atoms with van der Waals surface area (Å²) in [4.78, 5) is 4.87. The molecule has 1 fully saturated rings. The van der Waals surface area contributed by atoms with E-state index >= 15 is 0 Å². The lowest BCUT2D eigenvalue weighted by molar-refractivity contribution is 0.197. The van der Waals surface area contributed by atoms with Crippen molar-refractivity contribution in [2.45, 2.75) is 13.7 Å². The Morgan fingerprint density at radius 3 is 2.20 bits per heavy atom. The van der Waals surface area contributed by atoms with Gasteiger partial charge in [0.2, 0.25) is 7.41 Å². The van der Waals surface area contributed by atoms with Crippen LogP contribution in [0.4, 0.5) is 0 Å². The zero-order chi connectivity index (χ0) is 7.40. The zero-order valence-electron chi connectivity index (χ0n) is 7.01. The van der Waals surface area contributed by atoms with Crippen LogP contribution in [-0.2, 0) is 0 Å². The summed E-state index contributed by atoms with van der Waals surface area (Å²) in [5.41, 5.74) is 0. The molecule has 0 aromatic heterocycles. The second-order valence-electron chi connectivity index (χ2n) is 2.73. The van der Waals surface area contributed by atoms with Crippen molar-refractivity contribution in [1.29, 1.82) is 0 Å². The number of hydrogen-bond acceptors (Lipinski definition) is 2. The number of nitrogens with zero attached hydrogens (tertiary/aromatic N) is 2. The highest BCUT2D eigenvalue weighted by Crippen LogP contribution is 1.98. The number of likely N-dealkylation sites (N-methyl/N-ethyl adjacent to an activating group) is 1. The van der Waals surface area contributed by atoms with Crippen LogP contribution in [0.25, 0.3) is 0 Å². The minimum Gasteiger partial charge on any atom is -0.345 e. The third-order valence-electron chi connectivity index (χ3n) is 2.22. The van der Waals surface area contributed by atoms with E-state index in [2.05, 4.69) is 30.9 Å². The number of rotatable bonds is 2. The fraction of sp³-hybridized carbons (Fsp3) is 1.00. The van der Waals surface area contributed by atoms with Crippen LogP contribution in [0.3, 0.4) is 0 Å². The molecule has 1 radical (unpaired) electrons. The smallest absolute Gasteiger partial charge is 0.205 e. The summed E-state index contributed by atoms with van der Waals surface area (Å²) in [6.07, 6.45) is 0. The maximum atomic E-state index is 2.49. The summed E-state index contributed by atoms with van der Waals surface area (Å²) >= 11 is 0. The molecule has 1 rings (SSSR count). The molecular weight excluding hydrogens is 123 g/mol. The Morgan fingerprint density at radius 2 is 1.80 bits per heavy atom. The van der Waals surface area contributed by atoms with Gasteiger partial charge in [-0.1, -0.05) is 13.7 Å². The number of hydrogen-bond donors (Lipinski definition) is 0. The lowest BCUT2D eigenvalue weighted by atomic mass is 9.95. The molecule has 1 saturated heterocycles. The van der Waals surface area contributed by atoms with E-state index in [-0.39, 0.29) is 0 Å². The average molecular weight is 139 g/mol. The summed E-state index contributed by atoms with van der Waals surface area (Å²) < 4.78 is 0. The standard InChI is InChI=1S/C7H16BN2/c1-3-9-4-6-10(8-2)7-5-9/h3-7H2,1-2H3. The van der Waals surface area contributed by atoms with Crippen LogP contribution >= 0.6 is 0 Å². The summed E-state index contributed by atoms with van der Waals surface area (Å²) in [7, 11) is 2.19. The Morgan fingerprint density at radius 1 is 1.20 bits per heavy atom. The van der Waals surface area contributed by atoms with Crippen LogP contribution in [0.5, 0.6) is 0 Å². The van der Waals surface area contributed by atoms with Crippen LogP contribution < -0.4 is 0 Å². The predicted octanol–water partition coefficient (Wildman–Crippen LogP) is 0.291. The fourth-order valence-corrected chi connectivity index (χ4v) is 1.34. The quantitative estimate of drug-likeness (QED) is 0.507. The van der Waals surface area contributed by atoms with E-state index in [1.807, 2.05) is 0 Å². The van der Waals surface area contributed by atoms with Gasteiger partial charge in [-0.15, -0.1) is 0 Å². The van der Waals surface area contributed by atoms with Crippen molar-refractivity contribution in [1.82, 2.24) is 9.71 Å². The summed E-state index contributed by atoms with van der Waals surface area (Å²) in [6, 6.07) is 0. The molecule has 0 spiro atoms. The molecule has 0 aromatic rings. The second-order valence-corrected chi connectivity index (χ2v) is 2.73.